The molecule has 22 heavy (non-hydrogen) atoms. The molecule has 1 atom stereocenters. The summed E-state index contributed by atoms with van der Waals surface area (Å²) in [6.07, 6.45) is 1.62. The van der Waals surface area contributed by atoms with Crippen molar-refractivity contribution in [2.45, 2.75) is 46.2 Å². The molecule has 0 bridgehead atoms. The van der Waals surface area contributed by atoms with Crippen molar-refractivity contribution in [1.82, 2.24) is 14.9 Å². The zero-order valence-corrected chi connectivity index (χ0v) is 12.8. The van der Waals surface area contributed by atoms with E-state index in [4.69, 9.17) is 5.11 Å². The fourth-order valence-corrected chi connectivity index (χ4v) is 1.99. The van der Waals surface area contributed by atoms with E-state index >= 15 is 0 Å². The number of carboxylic acid groups (broad SMARTS) is 1. The van der Waals surface area contributed by atoms with Gasteiger partial charge in [-0.1, -0.05) is 13.8 Å². The van der Waals surface area contributed by atoms with Crippen LogP contribution in [-0.4, -0.2) is 37.5 Å². The van der Waals surface area contributed by atoms with Gasteiger partial charge in [0.1, 0.15) is 12.2 Å². The molecule has 0 unspecified atom stereocenters. The van der Waals surface area contributed by atoms with Gasteiger partial charge in [-0.3, -0.25) is 4.79 Å². The lowest BCUT2D eigenvalue weighted by atomic mass is 10.0. The Hall–Kier alpha value is -2.45. The van der Waals surface area contributed by atoms with Crippen LogP contribution >= 0.6 is 0 Å². The van der Waals surface area contributed by atoms with Crippen LogP contribution in [0.15, 0.2) is 6.20 Å². The van der Waals surface area contributed by atoms with Crippen molar-refractivity contribution in [3.63, 3.8) is 0 Å². The van der Waals surface area contributed by atoms with Gasteiger partial charge >= 0.3 is 11.8 Å². The third-order valence-corrected chi connectivity index (χ3v) is 3.07. The quantitative estimate of drug-likeness (QED) is 0.546. The van der Waals surface area contributed by atoms with Gasteiger partial charge in [0.25, 0.3) is 0 Å². The number of hydrogen-bond donors (Lipinski definition) is 2. The maximum atomic E-state index is 11.8. The first-order valence-electron chi connectivity index (χ1n) is 6.91. The molecule has 1 aromatic rings. The van der Waals surface area contributed by atoms with E-state index in [-0.39, 0.29) is 24.7 Å². The van der Waals surface area contributed by atoms with E-state index < -0.39 is 22.8 Å². The molecule has 0 fully saturated rings. The Bertz CT molecular complexity index is 567. The zero-order valence-electron chi connectivity index (χ0n) is 12.8. The van der Waals surface area contributed by atoms with Gasteiger partial charge < -0.3 is 25.1 Å². The van der Waals surface area contributed by atoms with Crippen LogP contribution in [0.4, 0.5) is 5.82 Å². The lowest BCUT2D eigenvalue weighted by molar-refractivity contribution is -0.389. The van der Waals surface area contributed by atoms with Gasteiger partial charge in [0.2, 0.25) is 11.7 Å². The van der Waals surface area contributed by atoms with E-state index in [0.29, 0.717) is 12.2 Å². The van der Waals surface area contributed by atoms with Crippen molar-refractivity contribution in [3.05, 3.63) is 22.1 Å². The first kappa shape index (κ1) is 17.6. The maximum Gasteiger partial charge on any atom is 0.381 e. The van der Waals surface area contributed by atoms with Gasteiger partial charge in [-0.25, -0.2) is 4.79 Å². The summed E-state index contributed by atoms with van der Waals surface area (Å²) in [5.74, 6) is -1.20. The molecule has 0 aliphatic heterocycles. The molecule has 122 valence electrons. The molecule has 0 radical (unpaired) electrons. The van der Waals surface area contributed by atoms with Gasteiger partial charge in [0.15, 0.2) is 0 Å². The molecule has 0 saturated heterocycles. The number of aryl methyl sites for hydroxylation is 2. The van der Waals surface area contributed by atoms with Crippen molar-refractivity contribution in [2.24, 2.45) is 5.92 Å². The normalized spacial score (nSPS) is 12.2. The van der Waals surface area contributed by atoms with Crippen molar-refractivity contribution in [3.8, 4) is 0 Å². The highest BCUT2D eigenvalue weighted by atomic mass is 16.6. The highest BCUT2D eigenvalue weighted by Gasteiger charge is 2.21. The van der Waals surface area contributed by atoms with Gasteiger partial charge in [0.05, 0.1) is 0 Å². The minimum absolute atomic E-state index is 0.0240. The summed E-state index contributed by atoms with van der Waals surface area (Å²) < 4.78 is 1.50. The summed E-state index contributed by atoms with van der Waals surface area (Å²) >= 11 is 0. The van der Waals surface area contributed by atoms with Gasteiger partial charge in [-0.15, -0.1) is 0 Å². The van der Waals surface area contributed by atoms with Gasteiger partial charge in [-0.2, -0.15) is 0 Å². The number of carboxylic acids is 1. The SMILES string of the molecule is Cc1nc([N+](=O)[O-])cn1CCC(=O)N[C@H](CC(C)C)C(=O)O. The fraction of sp³-hybridized carbons (Fsp3) is 0.615. The highest BCUT2D eigenvalue weighted by molar-refractivity contribution is 5.83. The fourth-order valence-electron chi connectivity index (χ4n) is 1.99. The number of nitro groups is 1. The summed E-state index contributed by atoms with van der Waals surface area (Å²) in [6.45, 7) is 5.54. The molecule has 0 aliphatic rings. The lowest BCUT2D eigenvalue weighted by Crippen LogP contribution is -2.41. The molecular formula is C13H20N4O5. The average molecular weight is 312 g/mol. The summed E-state index contributed by atoms with van der Waals surface area (Å²) in [7, 11) is 0. The van der Waals surface area contributed by atoms with E-state index in [1.54, 1.807) is 6.92 Å². The number of hydrogen-bond acceptors (Lipinski definition) is 5. The summed E-state index contributed by atoms with van der Waals surface area (Å²) in [6, 6.07) is -0.925. The predicted octanol–water partition coefficient (Wildman–Crippen LogP) is 1.11. The summed E-state index contributed by atoms with van der Waals surface area (Å²) in [5, 5.41) is 22.1. The number of nitrogens with zero attached hydrogens (tertiary/aromatic N) is 3. The van der Waals surface area contributed by atoms with Crippen LogP contribution in [0.1, 0.15) is 32.5 Å². The van der Waals surface area contributed by atoms with Crippen LogP contribution in [0.5, 0.6) is 0 Å². The lowest BCUT2D eigenvalue weighted by Gasteiger charge is -2.16. The van der Waals surface area contributed by atoms with E-state index in [0.717, 1.165) is 0 Å². The van der Waals surface area contributed by atoms with Crippen LogP contribution in [0.2, 0.25) is 0 Å². The minimum Gasteiger partial charge on any atom is -0.480 e. The molecule has 1 amide bonds. The van der Waals surface area contributed by atoms with Crippen LogP contribution < -0.4 is 5.32 Å². The summed E-state index contributed by atoms with van der Waals surface area (Å²) in [5.41, 5.74) is 0. The van der Waals surface area contributed by atoms with Crippen molar-refractivity contribution < 1.29 is 19.6 Å². The van der Waals surface area contributed by atoms with Crippen molar-refractivity contribution >= 4 is 17.7 Å². The Morgan fingerprint density at radius 3 is 2.59 bits per heavy atom. The predicted molar refractivity (Wildman–Crippen MR) is 77.3 cm³/mol. The topological polar surface area (TPSA) is 127 Å². The molecule has 1 heterocycles. The first-order chi connectivity index (χ1) is 10.2. The monoisotopic (exact) mass is 312 g/mol. The number of amides is 1. The number of imidazole rings is 1. The molecule has 0 aliphatic carbocycles. The number of aliphatic carboxylic acids is 1. The van der Waals surface area contributed by atoms with Crippen LogP contribution in [0.3, 0.4) is 0 Å². The highest BCUT2D eigenvalue weighted by Crippen LogP contribution is 2.11. The minimum atomic E-state index is -1.07. The Labute approximate surface area is 127 Å². The number of nitrogens with one attached hydrogen (secondary N) is 1. The second kappa shape index (κ2) is 7.53. The number of carbonyl (C=O) groups is 2. The number of rotatable bonds is 8. The van der Waals surface area contributed by atoms with E-state index in [1.165, 1.54) is 10.8 Å². The maximum absolute atomic E-state index is 11.8. The number of aromatic nitrogens is 2. The average Bonchev–Trinajstić information content (AvgIpc) is 2.76. The Morgan fingerprint density at radius 1 is 1.50 bits per heavy atom. The third-order valence-electron chi connectivity index (χ3n) is 3.07. The largest absolute Gasteiger partial charge is 0.480 e. The Kier molecular flexibility index (Phi) is 6.02. The molecule has 0 aromatic carbocycles. The van der Waals surface area contributed by atoms with Gasteiger partial charge in [-0.05, 0) is 22.2 Å². The second-order valence-electron chi connectivity index (χ2n) is 5.43. The third kappa shape index (κ3) is 5.15. The molecule has 1 aromatic heterocycles. The van der Waals surface area contributed by atoms with E-state index in [2.05, 4.69) is 10.3 Å². The smallest absolute Gasteiger partial charge is 0.381 e. The molecule has 0 spiro atoms. The summed E-state index contributed by atoms with van der Waals surface area (Å²) in [4.78, 5) is 36.7. The van der Waals surface area contributed by atoms with Gasteiger partial charge in [0, 0.05) is 19.9 Å². The van der Waals surface area contributed by atoms with E-state index in [9.17, 15) is 19.7 Å². The van der Waals surface area contributed by atoms with Crippen molar-refractivity contribution in [1.29, 1.82) is 0 Å². The first-order valence-corrected chi connectivity index (χ1v) is 6.91. The molecule has 1 rings (SSSR count). The molecule has 0 saturated carbocycles. The van der Waals surface area contributed by atoms with Crippen molar-refractivity contribution in [2.75, 3.05) is 0 Å². The molecule has 9 nitrogen and oxygen atoms in total. The number of carbonyl (C=O) groups excluding carboxylic acids is 1. The van der Waals surface area contributed by atoms with E-state index in [1.807, 2.05) is 13.8 Å². The Morgan fingerprint density at radius 2 is 2.14 bits per heavy atom. The van der Waals surface area contributed by atoms with Crippen LogP contribution in [-0.2, 0) is 16.1 Å². The molecular weight excluding hydrogens is 292 g/mol. The zero-order chi connectivity index (χ0) is 16.9. The Balaban J connectivity index is 2.58. The standard InChI is InChI=1S/C13H20N4O5/c1-8(2)6-10(13(19)20)15-12(18)4-5-16-7-11(17(21)22)14-9(16)3/h7-8,10H,4-6H2,1-3H3,(H,15,18)(H,19,20)/t10-/m1/s1. The van der Waals surface area contributed by atoms with Crippen LogP contribution in [0.25, 0.3) is 0 Å². The molecule has 9 heteroatoms. The second-order valence-corrected chi connectivity index (χ2v) is 5.43. The van der Waals surface area contributed by atoms with Crippen LogP contribution in [0, 0.1) is 23.0 Å². The molecule has 2 N–H and O–H groups in total.